The first-order valence-electron chi connectivity index (χ1n) is 10.6. The number of para-hydroxylation sites is 1. The third-order valence-electron chi connectivity index (χ3n) is 6.78. The molecule has 3 aliphatic rings. The molecular weight excluding hydrogens is 452 g/mol. The Kier molecular flexibility index (Phi) is 4.15. The van der Waals surface area contributed by atoms with Crippen molar-refractivity contribution in [3.63, 3.8) is 0 Å². The minimum Gasteiger partial charge on any atom is -0.495 e. The Bertz CT molecular complexity index is 1370. The number of rotatable bonds is 5. The summed E-state index contributed by atoms with van der Waals surface area (Å²) in [6, 6.07) is 12.1. The molecule has 2 fully saturated rings. The number of halogens is 2. The highest BCUT2D eigenvalue weighted by molar-refractivity contribution is 7.92. The van der Waals surface area contributed by atoms with Crippen molar-refractivity contribution in [2.75, 3.05) is 29.8 Å². The van der Waals surface area contributed by atoms with E-state index in [4.69, 9.17) is 9.26 Å². The Hall–Kier alpha value is -3.14. The van der Waals surface area contributed by atoms with Gasteiger partial charge >= 0.3 is 0 Å². The molecule has 1 saturated heterocycles. The van der Waals surface area contributed by atoms with Crippen LogP contribution in [0.1, 0.15) is 24.0 Å². The first kappa shape index (κ1) is 20.5. The molecule has 0 bridgehead atoms. The number of nitrogens with one attached hydrogen (secondary N) is 1. The second-order valence-electron chi connectivity index (χ2n) is 8.99. The lowest BCUT2D eigenvalue weighted by Crippen LogP contribution is -2.56. The minimum absolute atomic E-state index is 0.00240. The summed E-state index contributed by atoms with van der Waals surface area (Å²) in [6.07, 6.45) is 2.53. The molecule has 0 amide bonds. The van der Waals surface area contributed by atoms with Crippen LogP contribution < -0.4 is 14.4 Å². The van der Waals surface area contributed by atoms with Crippen molar-refractivity contribution < 1.29 is 26.5 Å². The second-order valence-corrected chi connectivity index (χ2v) is 10.6. The molecule has 0 radical (unpaired) electrons. The lowest BCUT2D eigenvalue weighted by atomic mass is 9.79. The minimum atomic E-state index is -3.97. The molecule has 7 nitrogen and oxygen atoms in total. The summed E-state index contributed by atoms with van der Waals surface area (Å²) in [5.41, 5.74) is 3.16. The Morgan fingerprint density at radius 1 is 1.15 bits per heavy atom. The van der Waals surface area contributed by atoms with E-state index in [0.29, 0.717) is 23.4 Å². The Balaban J connectivity index is 1.39. The van der Waals surface area contributed by atoms with Crippen LogP contribution in [0.5, 0.6) is 5.75 Å². The van der Waals surface area contributed by atoms with Crippen LogP contribution in [0.25, 0.3) is 11.3 Å². The van der Waals surface area contributed by atoms with Gasteiger partial charge in [-0.25, -0.2) is 17.2 Å². The van der Waals surface area contributed by atoms with Gasteiger partial charge < -0.3 is 14.2 Å². The van der Waals surface area contributed by atoms with Crippen LogP contribution in [-0.2, 0) is 21.9 Å². The Morgan fingerprint density at radius 3 is 2.61 bits per heavy atom. The first-order chi connectivity index (χ1) is 15.7. The lowest BCUT2D eigenvalue weighted by Gasteiger charge is -2.41. The normalized spacial score (nSPS) is 19.4. The van der Waals surface area contributed by atoms with Crippen molar-refractivity contribution in [1.82, 2.24) is 5.16 Å². The molecular formula is C23H21F2N3O4S. The van der Waals surface area contributed by atoms with Crippen LogP contribution in [0.2, 0.25) is 0 Å². The van der Waals surface area contributed by atoms with E-state index in [1.807, 2.05) is 18.2 Å². The van der Waals surface area contributed by atoms with Gasteiger partial charge in [0, 0.05) is 22.2 Å². The van der Waals surface area contributed by atoms with Gasteiger partial charge in [0.25, 0.3) is 15.9 Å². The summed E-state index contributed by atoms with van der Waals surface area (Å²) >= 11 is 0. The van der Waals surface area contributed by atoms with E-state index >= 15 is 0 Å². The number of benzene rings is 2. The molecule has 2 aromatic carbocycles. The molecule has 33 heavy (non-hydrogen) atoms. The van der Waals surface area contributed by atoms with E-state index in [9.17, 15) is 17.2 Å². The third-order valence-corrected chi connectivity index (χ3v) is 8.15. The predicted molar refractivity (Wildman–Crippen MR) is 118 cm³/mol. The summed E-state index contributed by atoms with van der Waals surface area (Å²) in [4.78, 5) is 1.62. The van der Waals surface area contributed by atoms with Gasteiger partial charge in [-0.05, 0) is 49.1 Å². The van der Waals surface area contributed by atoms with Crippen molar-refractivity contribution in [1.29, 1.82) is 0 Å². The molecule has 3 aromatic rings. The largest absolute Gasteiger partial charge is 0.495 e. The van der Waals surface area contributed by atoms with Crippen LogP contribution in [0.15, 0.2) is 51.9 Å². The number of hydrogen-bond donors (Lipinski definition) is 1. The van der Waals surface area contributed by atoms with E-state index in [1.54, 1.807) is 23.1 Å². The quantitative estimate of drug-likeness (QED) is 0.598. The van der Waals surface area contributed by atoms with E-state index in [1.165, 1.54) is 13.2 Å². The molecule has 1 spiro atoms. The van der Waals surface area contributed by atoms with Crippen molar-refractivity contribution in [3.8, 4) is 17.1 Å². The number of hydrogen-bond acceptors (Lipinski definition) is 6. The zero-order chi connectivity index (χ0) is 23.0. The van der Waals surface area contributed by atoms with Gasteiger partial charge in [0.15, 0.2) is 11.6 Å². The van der Waals surface area contributed by atoms with Crippen LogP contribution in [0.3, 0.4) is 0 Å². The van der Waals surface area contributed by atoms with Gasteiger partial charge in [0.05, 0.1) is 20.2 Å². The molecule has 6 rings (SSSR count). The number of aromatic nitrogens is 1. The number of anilines is 2. The van der Waals surface area contributed by atoms with Crippen LogP contribution >= 0.6 is 0 Å². The van der Waals surface area contributed by atoms with Crippen molar-refractivity contribution >= 4 is 21.5 Å². The average molecular weight is 474 g/mol. The highest BCUT2D eigenvalue weighted by atomic mass is 32.2. The number of methoxy groups -OCH3 is 1. The van der Waals surface area contributed by atoms with Gasteiger partial charge in [-0.2, -0.15) is 0 Å². The molecule has 10 heteroatoms. The number of fused-ring (bicyclic) bond motifs is 4. The van der Waals surface area contributed by atoms with E-state index in [2.05, 4.69) is 9.88 Å². The van der Waals surface area contributed by atoms with Gasteiger partial charge in [0.1, 0.15) is 10.6 Å². The van der Waals surface area contributed by atoms with E-state index in [-0.39, 0.29) is 35.0 Å². The van der Waals surface area contributed by atoms with Gasteiger partial charge in [0.2, 0.25) is 0 Å². The molecule has 172 valence electrons. The molecule has 0 atom stereocenters. The predicted octanol–water partition coefficient (Wildman–Crippen LogP) is 4.19. The maximum atomic E-state index is 13.4. The van der Waals surface area contributed by atoms with Gasteiger partial charge in [-0.1, -0.05) is 23.4 Å². The zero-order valence-corrected chi connectivity index (χ0v) is 18.6. The molecule has 1 aromatic heterocycles. The van der Waals surface area contributed by atoms with E-state index in [0.717, 1.165) is 24.0 Å². The SMILES string of the molecule is COc1ccccc1S(=O)(=O)Nc1noc2c1CC1(CC1)c1ccc(N3CC(F)(F)C3)cc1-2. The fourth-order valence-electron chi connectivity index (χ4n) is 4.89. The average Bonchev–Trinajstić information content (AvgIpc) is 3.44. The number of sulfonamides is 1. The van der Waals surface area contributed by atoms with Crippen LogP contribution in [-0.4, -0.2) is 39.7 Å². The number of ether oxygens (including phenoxy) is 1. The summed E-state index contributed by atoms with van der Waals surface area (Å²) in [6.45, 7) is -0.631. The fraction of sp³-hybridized carbons (Fsp3) is 0.348. The summed E-state index contributed by atoms with van der Waals surface area (Å²) in [5, 5.41) is 4.05. The molecule has 2 heterocycles. The lowest BCUT2D eigenvalue weighted by molar-refractivity contribution is -0.0262. The standard InChI is InChI=1S/C23H21F2N3O4S/c1-31-18-4-2-3-5-19(18)33(29,30)27-21-16-11-22(8-9-22)17-7-6-14(28-12-23(24,25)13-28)10-15(17)20(16)32-26-21/h2-7,10H,8-9,11-13H2,1H3,(H,26,27). The molecule has 1 saturated carbocycles. The fourth-order valence-corrected chi connectivity index (χ4v) is 6.09. The first-order valence-corrected chi connectivity index (χ1v) is 12.1. The maximum Gasteiger partial charge on any atom is 0.282 e. The van der Waals surface area contributed by atoms with Crippen LogP contribution in [0, 0.1) is 0 Å². The number of nitrogens with zero attached hydrogens (tertiary/aromatic N) is 2. The highest BCUT2D eigenvalue weighted by Gasteiger charge is 2.51. The molecule has 2 aliphatic carbocycles. The maximum absolute atomic E-state index is 13.4. The van der Waals surface area contributed by atoms with Crippen molar-refractivity contribution in [3.05, 3.63) is 53.6 Å². The summed E-state index contributed by atoms with van der Waals surface area (Å²) in [7, 11) is -2.56. The third kappa shape index (κ3) is 3.18. The molecule has 1 aliphatic heterocycles. The van der Waals surface area contributed by atoms with Crippen molar-refractivity contribution in [2.45, 2.75) is 35.5 Å². The summed E-state index contributed by atoms with van der Waals surface area (Å²) in [5.74, 6) is -1.82. The smallest absolute Gasteiger partial charge is 0.282 e. The van der Waals surface area contributed by atoms with Gasteiger partial charge in [-0.15, -0.1) is 0 Å². The highest BCUT2D eigenvalue weighted by Crippen LogP contribution is 2.59. The van der Waals surface area contributed by atoms with E-state index < -0.39 is 15.9 Å². The zero-order valence-electron chi connectivity index (χ0n) is 17.8. The van der Waals surface area contributed by atoms with Gasteiger partial charge in [-0.3, -0.25) is 4.72 Å². The van der Waals surface area contributed by atoms with Crippen molar-refractivity contribution in [2.24, 2.45) is 0 Å². The van der Waals surface area contributed by atoms with Crippen LogP contribution in [0.4, 0.5) is 20.3 Å². The topological polar surface area (TPSA) is 84.7 Å². The second kappa shape index (κ2) is 6.69. The molecule has 0 unspecified atom stereocenters. The number of alkyl halides is 2. The Morgan fingerprint density at radius 2 is 1.91 bits per heavy atom. The Labute approximate surface area is 189 Å². The summed E-state index contributed by atoms with van der Waals surface area (Å²) < 4.78 is 66.4. The monoisotopic (exact) mass is 473 g/mol. The molecule has 1 N–H and O–H groups in total.